The molecule has 23 heavy (non-hydrogen) atoms. The summed E-state index contributed by atoms with van der Waals surface area (Å²) in [6.07, 6.45) is 0.621. The van der Waals surface area contributed by atoms with Gasteiger partial charge in [-0.1, -0.05) is 0 Å². The lowest BCUT2D eigenvalue weighted by Gasteiger charge is -2.26. The van der Waals surface area contributed by atoms with Gasteiger partial charge in [0.1, 0.15) is 5.60 Å². The van der Waals surface area contributed by atoms with Gasteiger partial charge >= 0.3 is 6.09 Å². The molecule has 0 rings (SSSR count). The third-order valence-electron chi connectivity index (χ3n) is 2.75. The van der Waals surface area contributed by atoms with Gasteiger partial charge in [0.15, 0.2) is 5.96 Å². The molecule has 0 spiro atoms. The van der Waals surface area contributed by atoms with Crippen LogP contribution in [0.5, 0.6) is 0 Å². The number of carbonyl (C=O) groups excluding carboxylic acids is 1. The van der Waals surface area contributed by atoms with Crippen LogP contribution in [0.1, 0.15) is 34.1 Å². The Hall–Kier alpha value is -0.770. The monoisotopic (exact) mass is 444 g/mol. The Kier molecular flexibility index (Phi) is 14.5. The smallest absolute Gasteiger partial charge is 0.410 e. The Morgan fingerprint density at radius 3 is 2.30 bits per heavy atom. The Balaban J connectivity index is 0. The van der Waals surface area contributed by atoms with Gasteiger partial charge in [-0.15, -0.1) is 24.0 Å². The molecule has 0 atom stereocenters. The third-order valence-corrected chi connectivity index (χ3v) is 2.75. The van der Waals surface area contributed by atoms with E-state index in [0.29, 0.717) is 26.2 Å². The first-order valence-electron chi connectivity index (χ1n) is 7.75. The molecule has 2 N–H and O–H groups in total. The van der Waals surface area contributed by atoms with Crippen LogP contribution in [0.4, 0.5) is 4.79 Å². The summed E-state index contributed by atoms with van der Waals surface area (Å²) in [6.45, 7) is 10.8. The van der Waals surface area contributed by atoms with Crippen LogP contribution in [-0.2, 0) is 9.47 Å². The summed E-state index contributed by atoms with van der Waals surface area (Å²) in [5, 5.41) is 6.37. The number of rotatable bonds is 8. The second-order valence-electron chi connectivity index (χ2n) is 5.83. The lowest BCUT2D eigenvalue weighted by Crippen LogP contribution is -2.44. The summed E-state index contributed by atoms with van der Waals surface area (Å²) in [6, 6.07) is 0. The number of hydrogen-bond acceptors (Lipinski definition) is 4. The van der Waals surface area contributed by atoms with E-state index in [1.807, 2.05) is 27.7 Å². The zero-order chi connectivity index (χ0) is 17.0. The summed E-state index contributed by atoms with van der Waals surface area (Å²) < 4.78 is 10.4. The SMILES string of the molecule is CCN(CCNC(=NC)NCCCOC)C(=O)OC(C)(C)C.I. The van der Waals surface area contributed by atoms with E-state index in [4.69, 9.17) is 9.47 Å². The molecule has 0 saturated carbocycles. The number of aliphatic imine (C=N–C) groups is 1. The Bertz CT molecular complexity index is 346. The minimum absolute atomic E-state index is 0. The summed E-state index contributed by atoms with van der Waals surface area (Å²) in [5.74, 6) is 0.719. The summed E-state index contributed by atoms with van der Waals surface area (Å²) in [4.78, 5) is 17.8. The van der Waals surface area contributed by atoms with Gasteiger partial charge < -0.3 is 25.0 Å². The lowest BCUT2D eigenvalue weighted by atomic mass is 10.2. The van der Waals surface area contributed by atoms with Gasteiger partial charge in [0.05, 0.1) is 0 Å². The van der Waals surface area contributed by atoms with Gasteiger partial charge in [0.2, 0.25) is 0 Å². The highest BCUT2D eigenvalue weighted by molar-refractivity contribution is 14.0. The first kappa shape index (κ1) is 24.5. The van der Waals surface area contributed by atoms with E-state index < -0.39 is 5.60 Å². The molecule has 0 heterocycles. The summed E-state index contributed by atoms with van der Waals surface area (Å²) in [5.41, 5.74) is -0.475. The maximum Gasteiger partial charge on any atom is 0.410 e. The van der Waals surface area contributed by atoms with Gasteiger partial charge in [0, 0.05) is 46.9 Å². The van der Waals surface area contributed by atoms with Crippen molar-refractivity contribution in [1.82, 2.24) is 15.5 Å². The van der Waals surface area contributed by atoms with Crippen LogP contribution >= 0.6 is 24.0 Å². The quantitative estimate of drug-likeness (QED) is 0.260. The normalized spacial score (nSPS) is 11.5. The van der Waals surface area contributed by atoms with Crippen molar-refractivity contribution in [3.8, 4) is 0 Å². The average molecular weight is 444 g/mol. The third kappa shape index (κ3) is 13.4. The fraction of sp³-hybridized carbons (Fsp3) is 0.867. The number of nitrogens with zero attached hydrogens (tertiary/aromatic N) is 2. The predicted octanol–water partition coefficient (Wildman–Crippen LogP) is 2.06. The van der Waals surface area contributed by atoms with Crippen LogP contribution in [-0.4, -0.2) is 69.5 Å². The van der Waals surface area contributed by atoms with E-state index in [2.05, 4.69) is 15.6 Å². The fourth-order valence-corrected chi connectivity index (χ4v) is 1.66. The average Bonchev–Trinajstić information content (AvgIpc) is 2.43. The van der Waals surface area contributed by atoms with Crippen molar-refractivity contribution in [3.63, 3.8) is 0 Å². The van der Waals surface area contributed by atoms with Gasteiger partial charge in [0.25, 0.3) is 0 Å². The largest absolute Gasteiger partial charge is 0.444 e. The van der Waals surface area contributed by atoms with Gasteiger partial charge in [-0.2, -0.15) is 0 Å². The second kappa shape index (κ2) is 13.6. The van der Waals surface area contributed by atoms with E-state index in [0.717, 1.165) is 18.9 Å². The van der Waals surface area contributed by atoms with Crippen molar-refractivity contribution in [2.75, 3.05) is 46.9 Å². The summed E-state index contributed by atoms with van der Waals surface area (Å²) in [7, 11) is 3.40. The standard InChI is InChI=1S/C15H32N4O3.HI/c1-7-19(14(20)22-15(2,3)4)11-10-18-13(16-5)17-9-8-12-21-6;/h7-12H2,1-6H3,(H2,16,17,18);1H. The Morgan fingerprint density at radius 2 is 1.83 bits per heavy atom. The number of carbonyl (C=O) groups is 1. The molecule has 0 aromatic carbocycles. The molecular weight excluding hydrogens is 411 g/mol. The predicted molar refractivity (Wildman–Crippen MR) is 105 cm³/mol. The van der Waals surface area contributed by atoms with E-state index in [-0.39, 0.29) is 30.1 Å². The van der Waals surface area contributed by atoms with Crippen molar-refractivity contribution in [2.24, 2.45) is 4.99 Å². The fourth-order valence-electron chi connectivity index (χ4n) is 1.66. The molecule has 8 heteroatoms. The molecule has 0 unspecified atom stereocenters. The van der Waals surface area contributed by atoms with Crippen molar-refractivity contribution >= 4 is 36.0 Å². The van der Waals surface area contributed by atoms with E-state index >= 15 is 0 Å². The maximum absolute atomic E-state index is 12.0. The Labute approximate surface area is 157 Å². The zero-order valence-corrected chi connectivity index (χ0v) is 17.6. The zero-order valence-electron chi connectivity index (χ0n) is 15.3. The number of hydrogen-bond donors (Lipinski definition) is 2. The number of halogens is 1. The molecule has 0 aliphatic carbocycles. The molecule has 7 nitrogen and oxygen atoms in total. The highest BCUT2D eigenvalue weighted by Gasteiger charge is 2.20. The first-order valence-corrected chi connectivity index (χ1v) is 7.75. The molecule has 0 fully saturated rings. The molecule has 0 radical (unpaired) electrons. The van der Waals surface area contributed by atoms with Crippen molar-refractivity contribution < 1.29 is 14.3 Å². The molecule has 0 saturated heterocycles. The molecule has 0 aliphatic rings. The molecule has 0 aliphatic heterocycles. The van der Waals surface area contributed by atoms with Crippen LogP contribution in [0.2, 0.25) is 0 Å². The molecular formula is C15H33IN4O3. The number of guanidine groups is 1. The highest BCUT2D eigenvalue weighted by Crippen LogP contribution is 2.09. The highest BCUT2D eigenvalue weighted by atomic mass is 127. The maximum atomic E-state index is 12.0. The van der Waals surface area contributed by atoms with Gasteiger partial charge in [-0.25, -0.2) is 4.79 Å². The van der Waals surface area contributed by atoms with Crippen molar-refractivity contribution in [3.05, 3.63) is 0 Å². The van der Waals surface area contributed by atoms with Crippen molar-refractivity contribution in [1.29, 1.82) is 0 Å². The lowest BCUT2D eigenvalue weighted by molar-refractivity contribution is 0.0264. The second-order valence-corrected chi connectivity index (χ2v) is 5.83. The topological polar surface area (TPSA) is 75.2 Å². The van der Waals surface area contributed by atoms with Crippen LogP contribution < -0.4 is 10.6 Å². The van der Waals surface area contributed by atoms with Crippen LogP contribution in [0.3, 0.4) is 0 Å². The van der Waals surface area contributed by atoms with E-state index in [9.17, 15) is 4.79 Å². The molecule has 138 valence electrons. The van der Waals surface area contributed by atoms with Crippen LogP contribution in [0, 0.1) is 0 Å². The number of ether oxygens (including phenoxy) is 2. The number of amides is 1. The number of likely N-dealkylation sites (N-methyl/N-ethyl adjacent to an activating group) is 1. The van der Waals surface area contributed by atoms with E-state index in [1.54, 1.807) is 19.1 Å². The minimum Gasteiger partial charge on any atom is -0.444 e. The molecule has 0 aromatic rings. The molecule has 1 amide bonds. The first-order chi connectivity index (χ1) is 10.3. The number of methoxy groups -OCH3 is 1. The van der Waals surface area contributed by atoms with E-state index in [1.165, 1.54) is 0 Å². The van der Waals surface area contributed by atoms with Gasteiger partial charge in [-0.05, 0) is 34.1 Å². The number of nitrogens with one attached hydrogen (secondary N) is 2. The minimum atomic E-state index is -0.475. The molecule has 0 aromatic heterocycles. The Morgan fingerprint density at radius 1 is 1.22 bits per heavy atom. The summed E-state index contributed by atoms with van der Waals surface area (Å²) >= 11 is 0. The van der Waals surface area contributed by atoms with Crippen LogP contribution in [0.25, 0.3) is 0 Å². The molecule has 0 bridgehead atoms. The van der Waals surface area contributed by atoms with Crippen molar-refractivity contribution in [2.45, 2.75) is 39.7 Å². The van der Waals surface area contributed by atoms with Gasteiger partial charge in [-0.3, -0.25) is 4.99 Å². The van der Waals surface area contributed by atoms with Crippen LogP contribution in [0.15, 0.2) is 4.99 Å².